The molecule has 1 aliphatic rings. The molecule has 1 heterocycles. The first-order chi connectivity index (χ1) is 8.11. The Hall–Kier alpha value is -1.78. The Morgan fingerprint density at radius 2 is 2.00 bits per heavy atom. The molecule has 1 aliphatic heterocycles. The lowest BCUT2D eigenvalue weighted by atomic mass is 9.97. The van der Waals surface area contributed by atoms with Gasteiger partial charge in [0.1, 0.15) is 6.67 Å². The Kier molecular flexibility index (Phi) is 3.17. The molecule has 1 atom stereocenters. The van der Waals surface area contributed by atoms with Gasteiger partial charge < -0.3 is 14.6 Å². The van der Waals surface area contributed by atoms with Gasteiger partial charge in [0.05, 0.1) is 5.92 Å². The van der Waals surface area contributed by atoms with Gasteiger partial charge in [-0.3, -0.25) is 4.79 Å². The Bertz CT molecular complexity index is 444. The average molecular weight is 240 g/mol. The topological polar surface area (TPSA) is 55.8 Å². The van der Waals surface area contributed by atoms with Crippen LogP contribution in [-0.4, -0.2) is 17.9 Å². The molecule has 0 saturated carbocycles. The second-order valence-electron chi connectivity index (χ2n) is 4.05. The molecule has 1 aromatic rings. The maximum atomic E-state index is 12.9. The third-order valence-electron chi connectivity index (χ3n) is 2.79. The van der Waals surface area contributed by atoms with Gasteiger partial charge in [0.15, 0.2) is 11.5 Å². The molecule has 0 fully saturated rings. The summed E-state index contributed by atoms with van der Waals surface area (Å²) in [4.78, 5) is 10.8. The first kappa shape index (κ1) is 11.7. The van der Waals surface area contributed by atoms with Crippen LogP contribution in [0, 0.1) is 5.92 Å². The van der Waals surface area contributed by atoms with Crippen LogP contribution in [0.5, 0.6) is 11.5 Å². The van der Waals surface area contributed by atoms with Crippen LogP contribution < -0.4 is 9.47 Å². The van der Waals surface area contributed by atoms with Crippen molar-refractivity contribution in [3.05, 3.63) is 23.3 Å². The number of alkyl halides is 1. The molecule has 1 unspecified atom stereocenters. The van der Waals surface area contributed by atoms with Gasteiger partial charge in [-0.25, -0.2) is 4.39 Å². The highest BCUT2D eigenvalue weighted by Gasteiger charge is 2.20. The lowest BCUT2D eigenvalue weighted by molar-refractivity contribution is -0.141. The number of carboxylic acid groups (broad SMARTS) is 1. The largest absolute Gasteiger partial charge is 0.481 e. The standard InChI is InChI=1S/C12H13FO4/c1-7(12(14)15)2-8-3-10-11(17-6-16-10)4-9(8)5-13/h3-4,7H,2,5-6H2,1H3,(H,14,15). The van der Waals surface area contributed by atoms with Crippen LogP contribution in [0.2, 0.25) is 0 Å². The number of hydrogen-bond donors (Lipinski definition) is 1. The van der Waals surface area contributed by atoms with E-state index in [4.69, 9.17) is 14.6 Å². The molecule has 1 aromatic carbocycles. The molecule has 0 saturated heterocycles. The minimum absolute atomic E-state index is 0.124. The van der Waals surface area contributed by atoms with Crippen LogP contribution in [0.1, 0.15) is 18.1 Å². The van der Waals surface area contributed by atoms with Crippen LogP contribution in [0.25, 0.3) is 0 Å². The second kappa shape index (κ2) is 4.61. The zero-order valence-electron chi connectivity index (χ0n) is 9.40. The predicted octanol–water partition coefficient (Wildman–Crippen LogP) is 2.15. The van der Waals surface area contributed by atoms with Crippen molar-refractivity contribution in [2.45, 2.75) is 20.0 Å². The number of halogens is 1. The summed E-state index contributed by atoms with van der Waals surface area (Å²) in [5.41, 5.74) is 1.12. The molecule has 17 heavy (non-hydrogen) atoms. The van der Waals surface area contributed by atoms with Crippen molar-refractivity contribution in [2.75, 3.05) is 6.79 Å². The third kappa shape index (κ3) is 2.33. The molecule has 0 radical (unpaired) electrons. The number of hydrogen-bond acceptors (Lipinski definition) is 3. The molecule has 0 bridgehead atoms. The second-order valence-corrected chi connectivity index (χ2v) is 4.05. The Balaban J connectivity index is 2.29. The van der Waals surface area contributed by atoms with Gasteiger partial charge >= 0.3 is 5.97 Å². The number of carbonyl (C=O) groups is 1. The molecule has 5 heteroatoms. The van der Waals surface area contributed by atoms with Gasteiger partial charge in [-0.2, -0.15) is 0 Å². The fraction of sp³-hybridized carbons (Fsp3) is 0.417. The predicted molar refractivity (Wildman–Crippen MR) is 57.9 cm³/mol. The van der Waals surface area contributed by atoms with Crippen molar-refractivity contribution in [3.8, 4) is 11.5 Å². The number of fused-ring (bicyclic) bond motifs is 1. The van der Waals surface area contributed by atoms with Crippen LogP contribution in [0.15, 0.2) is 12.1 Å². The molecule has 0 aromatic heterocycles. The lowest BCUT2D eigenvalue weighted by Gasteiger charge is -2.11. The Labute approximate surface area is 98.0 Å². The van der Waals surface area contributed by atoms with E-state index in [1.165, 1.54) is 0 Å². The van der Waals surface area contributed by atoms with Crippen molar-refractivity contribution in [1.82, 2.24) is 0 Å². The van der Waals surface area contributed by atoms with Gasteiger partial charge in [0.2, 0.25) is 6.79 Å². The normalized spacial score (nSPS) is 14.7. The van der Waals surface area contributed by atoms with Crippen molar-refractivity contribution in [3.63, 3.8) is 0 Å². The summed E-state index contributed by atoms with van der Waals surface area (Å²) < 4.78 is 23.2. The summed E-state index contributed by atoms with van der Waals surface area (Å²) in [6, 6.07) is 3.24. The average Bonchev–Trinajstić information content (AvgIpc) is 2.74. The summed E-state index contributed by atoms with van der Waals surface area (Å²) in [7, 11) is 0. The van der Waals surface area contributed by atoms with Gasteiger partial charge in [0.25, 0.3) is 0 Å². The fourth-order valence-electron chi connectivity index (χ4n) is 1.76. The molecule has 0 aliphatic carbocycles. The highest BCUT2D eigenvalue weighted by Crippen LogP contribution is 2.35. The SMILES string of the molecule is CC(Cc1cc2c(cc1CF)OCO2)C(=O)O. The van der Waals surface area contributed by atoms with E-state index < -0.39 is 18.6 Å². The molecule has 4 nitrogen and oxygen atoms in total. The maximum Gasteiger partial charge on any atom is 0.306 e. The highest BCUT2D eigenvalue weighted by atomic mass is 19.1. The fourth-order valence-corrected chi connectivity index (χ4v) is 1.76. The zero-order chi connectivity index (χ0) is 12.4. The summed E-state index contributed by atoms with van der Waals surface area (Å²) in [6.45, 7) is 1.08. The smallest absolute Gasteiger partial charge is 0.306 e. The van der Waals surface area contributed by atoms with E-state index in [2.05, 4.69) is 0 Å². The first-order valence-electron chi connectivity index (χ1n) is 5.32. The molecular formula is C12H13FO4. The van der Waals surface area contributed by atoms with Gasteiger partial charge in [0, 0.05) is 0 Å². The Morgan fingerprint density at radius 1 is 1.41 bits per heavy atom. The zero-order valence-corrected chi connectivity index (χ0v) is 9.40. The molecule has 92 valence electrons. The lowest BCUT2D eigenvalue weighted by Crippen LogP contribution is -2.13. The molecule has 0 spiro atoms. The maximum absolute atomic E-state index is 12.9. The number of ether oxygens (including phenoxy) is 2. The number of rotatable bonds is 4. The number of carboxylic acids is 1. The quantitative estimate of drug-likeness (QED) is 0.876. The van der Waals surface area contributed by atoms with Crippen LogP contribution in [0.4, 0.5) is 4.39 Å². The van der Waals surface area contributed by atoms with Crippen LogP contribution in [-0.2, 0) is 17.9 Å². The molecular weight excluding hydrogens is 227 g/mol. The third-order valence-corrected chi connectivity index (χ3v) is 2.79. The van der Waals surface area contributed by atoms with Crippen molar-refractivity contribution in [1.29, 1.82) is 0 Å². The summed E-state index contributed by atoms with van der Waals surface area (Å²) >= 11 is 0. The number of benzene rings is 1. The summed E-state index contributed by atoms with van der Waals surface area (Å²) in [6.07, 6.45) is 0.283. The first-order valence-corrected chi connectivity index (χ1v) is 5.32. The monoisotopic (exact) mass is 240 g/mol. The van der Waals surface area contributed by atoms with Crippen LogP contribution >= 0.6 is 0 Å². The van der Waals surface area contributed by atoms with Gasteiger partial charge in [-0.05, 0) is 29.7 Å². The minimum atomic E-state index is -0.896. The van der Waals surface area contributed by atoms with Gasteiger partial charge in [-0.15, -0.1) is 0 Å². The van der Waals surface area contributed by atoms with E-state index in [1.54, 1.807) is 19.1 Å². The molecule has 2 rings (SSSR count). The molecule has 0 amide bonds. The summed E-state index contributed by atoms with van der Waals surface area (Å²) in [5, 5.41) is 8.85. The number of aliphatic carboxylic acids is 1. The van der Waals surface area contributed by atoms with E-state index in [0.29, 0.717) is 22.6 Å². The highest BCUT2D eigenvalue weighted by molar-refractivity contribution is 5.70. The van der Waals surface area contributed by atoms with E-state index >= 15 is 0 Å². The van der Waals surface area contributed by atoms with Crippen molar-refractivity contribution in [2.24, 2.45) is 5.92 Å². The molecule has 1 N–H and O–H groups in total. The van der Waals surface area contributed by atoms with E-state index in [0.717, 1.165) is 0 Å². The van der Waals surface area contributed by atoms with Crippen molar-refractivity contribution < 1.29 is 23.8 Å². The van der Waals surface area contributed by atoms with Gasteiger partial charge in [-0.1, -0.05) is 6.92 Å². The van der Waals surface area contributed by atoms with E-state index in [9.17, 15) is 9.18 Å². The van der Waals surface area contributed by atoms with Crippen LogP contribution in [0.3, 0.4) is 0 Å². The van der Waals surface area contributed by atoms with E-state index in [1.807, 2.05) is 0 Å². The van der Waals surface area contributed by atoms with E-state index in [-0.39, 0.29) is 13.2 Å². The summed E-state index contributed by atoms with van der Waals surface area (Å²) in [5.74, 6) is -0.382. The van der Waals surface area contributed by atoms with Crippen molar-refractivity contribution >= 4 is 5.97 Å². The Morgan fingerprint density at radius 3 is 2.53 bits per heavy atom. The minimum Gasteiger partial charge on any atom is -0.481 e.